The molecule has 0 atom stereocenters. The number of imide groups is 1. The highest BCUT2D eigenvalue weighted by atomic mass is 16.3. The molecular formula is C14H21NO3. The van der Waals surface area contributed by atoms with Gasteiger partial charge in [0.15, 0.2) is 0 Å². The van der Waals surface area contributed by atoms with E-state index in [9.17, 15) is 14.7 Å². The Morgan fingerprint density at radius 2 is 1.56 bits per heavy atom. The fraction of sp³-hybridized carbons (Fsp3) is 0.857. The lowest BCUT2D eigenvalue weighted by Crippen LogP contribution is -2.53. The summed E-state index contributed by atoms with van der Waals surface area (Å²) in [5, 5.41) is 9.70. The molecule has 1 aliphatic heterocycles. The largest absolute Gasteiger partial charge is 0.394 e. The van der Waals surface area contributed by atoms with Gasteiger partial charge < -0.3 is 5.11 Å². The molecule has 4 nitrogen and oxygen atoms in total. The van der Waals surface area contributed by atoms with Crippen LogP contribution in [0.3, 0.4) is 0 Å². The number of hydrogen-bond acceptors (Lipinski definition) is 3. The number of aliphatic hydroxyl groups excluding tert-OH is 1. The van der Waals surface area contributed by atoms with Gasteiger partial charge in [-0.05, 0) is 25.7 Å². The van der Waals surface area contributed by atoms with E-state index in [0.29, 0.717) is 6.42 Å². The van der Waals surface area contributed by atoms with E-state index in [1.165, 1.54) is 4.90 Å². The molecule has 3 rings (SSSR count). The first kappa shape index (κ1) is 12.2. The second-order valence-electron chi connectivity index (χ2n) is 6.29. The summed E-state index contributed by atoms with van der Waals surface area (Å²) < 4.78 is 0. The molecule has 18 heavy (non-hydrogen) atoms. The molecular weight excluding hydrogens is 230 g/mol. The quantitative estimate of drug-likeness (QED) is 0.759. The minimum absolute atomic E-state index is 0.0148. The van der Waals surface area contributed by atoms with Crippen LogP contribution in [0.1, 0.15) is 57.8 Å². The highest BCUT2D eigenvalue weighted by Gasteiger charge is 2.58. The van der Waals surface area contributed by atoms with Crippen molar-refractivity contribution in [3.63, 3.8) is 0 Å². The third kappa shape index (κ3) is 1.48. The zero-order valence-corrected chi connectivity index (χ0v) is 10.8. The van der Waals surface area contributed by atoms with Gasteiger partial charge in [-0.2, -0.15) is 0 Å². The number of amides is 2. The van der Waals surface area contributed by atoms with E-state index in [2.05, 4.69) is 0 Å². The molecule has 1 spiro atoms. The second-order valence-corrected chi connectivity index (χ2v) is 6.29. The molecule has 1 N–H and O–H groups in total. The smallest absolute Gasteiger partial charge is 0.236 e. The van der Waals surface area contributed by atoms with Gasteiger partial charge in [-0.3, -0.25) is 14.5 Å². The van der Waals surface area contributed by atoms with E-state index < -0.39 is 11.0 Å². The molecule has 0 radical (unpaired) electrons. The van der Waals surface area contributed by atoms with Gasteiger partial charge in [0.05, 0.1) is 17.6 Å². The fourth-order valence-electron chi connectivity index (χ4n) is 4.20. The molecule has 2 aliphatic carbocycles. The van der Waals surface area contributed by atoms with Crippen molar-refractivity contribution in [3.05, 3.63) is 0 Å². The van der Waals surface area contributed by atoms with Gasteiger partial charge in [-0.25, -0.2) is 0 Å². The Balaban J connectivity index is 1.93. The van der Waals surface area contributed by atoms with Crippen LogP contribution in [0.4, 0.5) is 0 Å². The molecule has 3 aliphatic rings. The van der Waals surface area contributed by atoms with Gasteiger partial charge >= 0.3 is 0 Å². The molecule has 0 bridgehead atoms. The number of nitrogens with zero attached hydrogens (tertiary/aromatic N) is 1. The van der Waals surface area contributed by atoms with Crippen LogP contribution in [0.25, 0.3) is 0 Å². The second kappa shape index (κ2) is 4.05. The zero-order valence-electron chi connectivity index (χ0n) is 10.8. The molecule has 1 saturated heterocycles. The first-order chi connectivity index (χ1) is 8.64. The SMILES string of the molecule is O=C1CC2(CCCC2)C(=O)N1C1(CO)CCCC1. The monoisotopic (exact) mass is 251 g/mol. The van der Waals surface area contributed by atoms with Gasteiger partial charge in [0.1, 0.15) is 0 Å². The normalized spacial score (nSPS) is 29.7. The lowest BCUT2D eigenvalue weighted by Gasteiger charge is -2.36. The fourth-order valence-corrected chi connectivity index (χ4v) is 4.20. The van der Waals surface area contributed by atoms with Crippen LogP contribution >= 0.6 is 0 Å². The van der Waals surface area contributed by atoms with Gasteiger partial charge in [0, 0.05) is 6.42 Å². The molecule has 0 aromatic carbocycles. The molecule has 1 heterocycles. The lowest BCUT2D eigenvalue weighted by molar-refractivity contribution is -0.150. The summed E-state index contributed by atoms with van der Waals surface area (Å²) in [7, 11) is 0. The maximum atomic E-state index is 12.7. The van der Waals surface area contributed by atoms with Crippen molar-refractivity contribution in [1.29, 1.82) is 0 Å². The van der Waals surface area contributed by atoms with Crippen LogP contribution < -0.4 is 0 Å². The summed E-state index contributed by atoms with van der Waals surface area (Å²) in [4.78, 5) is 26.4. The Hall–Kier alpha value is -0.900. The van der Waals surface area contributed by atoms with Crippen LogP contribution in [0.15, 0.2) is 0 Å². The Morgan fingerprint density at radius 3 is 2.11 bits per heavy atom. The van der Waals surface area contributed by atoms with Crippen molar-refractivity contribution in [2.24, 2.45) is 5.41 Å². The van der Waals surface area contributed by atoms with E-state index >= 15 is 0 Å². The Morgan fingerprint density at radius 1 is 1.00 bits per heavy atom. The van der Waals surface area contributed by atoms with Gasteiger partial charge in [0.2, 0.25) is 11.8 Å². The van der Waals surface area contributed by atoms with Gasteiger partial charge in [-0.1, -0.05) is 25.7 Å². The number of hydrogen-bond donors (Lipinski definition) is 1. The number of carbonyl (C=O) groups is 2. The molecule has 4 heteroatoms. The molecule has 0 unspecified atom stereocenters. The molecule has 2 saturated carbocycles. The maximum Gasteiger partial charge on any atom is 0.236 e. The minimum atomic E-state index is -0.569. The third-order valence-electron chi connectivity index (χ3n) is 5.26. The summed E-state index contributed by atoms with van der Waals surface area (Å²) in [5.74, 6) is -0.0289. The summed E-state index contributed by atoms with van der Waals surface area (Å²) in [5.41, 5.74) is -0.970. The van der Waals surface area contributed by atoms with E-state index in [4.69, 9.17) is 0 Å². The van der Waals surface area contributed by atoms with Gasteiger partial charge in [0.25, 0.3) is 0 Å². The van der Waals surface area contributed by atoms with Crippen LogP contribution in [-0.2, 0) is 9.59 Å². The predicted molar refractivity (Wildman–Crippen MR) is 65.7 cm³/mol. The van der Waals surface area contributed by atoms with Crippen LogP contribution in [0.2, 0.25) is 0 Å². The van der Waals surface area contributed by atoms with Crippen molar-refractivity contribution in [2.75, 3.05) is 6.61 Å². The van der Waals surface area contributed by atoms with Crippen molar-refractivity contribution < 1.29 is 14.7 Å². The Labute approximate surface area is 107 Å². The summed E-state index contributed by atoms with van der Waals surface area (Å²) in [6, 6.07) is 0. The zero-order chi connectivity index (χ0) is 12.8. The number of likely N-dealkylation sites (tertiary alicyclic amines) is 1. The lowest BCUT2D eigenvalue weighted by atomic mass is 9.84. The van der Waals surface area contributed by atoms with Crippen LogP contribution in [0.5, 0.6) is 0 Å². The first-order valence-corrected chi connectivity index (χ1v) is 7.12. The molecule has 0 aromatic rings. The summed E-state index contributed by atoms with van der Waals surface area (Å²) in [6.45, 7) is -0.0689. The average molecular weight is 251 g/mol. The Kier molecular flexibility index (Phi) is 2.73. The van der Waals surface area contributed by atoms with Gasteiger partial charge in [-0.15, -0.1) is 0 Å². The van der Waals surface area contributed by atoms with Crippen molar-refractivity contribution >= 4 is 11.8 Å². The molecule has 2 amide bonds. The van der Waals surface area contributed by atoms with Crippen LogP contribution in [0, 0.1) is 5.41 Å². The van der Waals surface area contributed by atoms with E-state index in [0.717, 1.165) is 51.4 Å². The van der Waals surface area contributed by atoms with Crippen molar-refractivity contribution in [2.45, 2.75) is 63.3 Å². The predicted octanol–water partition coefficient (Wildman–Crippen LogP) is 1.61. The minimum Gasteiger partial charge on any atom is -0.394 e. The standard InChI is InChI=1S/C14H21NO3/c16-10-14(7-3-4-8-14)15-11(17)9-13(12(15)18)5-1-2-6-13/h16H,1-10H2. The third-order valence-corrected chi connectivity index (χ3v) is 5.26. The van der Waals surface area contributed by atoms with Crippen molar-refractivity contribution in [1.82, 2.24) is 4.90 Å². The molecule has 3 fully saturated rings. The number of carbonyl (C=O) groups excluding carboxylic acids is 2. The van der Waals surface area contributed by atoms with E-state index in [1.807, 2.05) is 0 Å². The van der Waals surface area contributed by atoms with Crippen LogP contribution in [-0.4, -0.2) is 34.0 Å². The van der Waals surface area contributed by atoms with Crippen molar-refractivity contribution in [3.8, 4) is 0 Å². The Bertz CT molecular complexity index is 379. The highest BCUT2D eigenvalue weighted by molar-refractivity contribution is 6.06. The number of rotatable bonds is 2. The van der Waals surface area contributed by atoms with E-state index in [-0.39, 0.29) is 18.4 Å². The average Bonchev–Trinajstić information content (AvgIpc) is 3.03. The summed E-state index contributed by atoms with van der Waals surface area (Å²) >= 11 is 0. The highest BCUT2D eigenvalue weighted by Crippen LogP contribution is 2.50. The number of aliphatic hydroxyl groups is 1. The topological polar surface area (TPSA) is 57.6 Å². The van der Waals surface area contributed by atoms with E-state index in [1.54, 1.807) is 0 Å². The molecule has 100 valence electrons. The summed E-state index contributed by atoms with van der Waals surface area (Å²) in [6.07, 6.45) is 7.76. The maximum absolute atomic E-state index is 12.7. The molecule has 0 aromatic heterocycles. The first-order valence-electron chi connectivity index (χ1n) is 7.12.